The van der Waals surface area contributed by atoms with Crippen LogP contribution in [0.1, 0.15) is 12.0 Å². The summed E-state index contributed by atoms with van der Waals surface area (Å²) in [6.45, 7) is 2.80. The Balaban J connectivity index is 2.22. The molecule has 0 fully saturated rings. The summed E-state index contributed by atoms with van der Waals surface area (Å²) < 4.78 is 2.13. The third kappa shape index (κ3) is 2.33. The molecule has 0 amide bonds. The molecular weight excluding hydrogens is 214 g/mol. The zero-order chi connectivity index (χ0) is 12.3. The second-order valence-electron chi connectivity index (χ2n) is 3.93. The molecule has 1 aromatic heterocycles. The number of hydrogen-bond donors (Lipinski definition) is 2. The van der Waals surface area contributed by atoms with Crippen molar-refractivity contribution in [1.82, 2.24) is 4.57 Å². The number of nitrogens with two attached hydrogens (primary N) is 1. The number of aromatic nitrogens is 1. The first-order chi connectivity index (χ1) is 8.22. The molecule has 0 aliphatic carbocycles. The van der Waals surface area contributed by atoms with Gasteiger partial charge in [0.15, 0.2) is 0 Å². The van der Waals surface area contributed by atoms with Crippen molar-refractivity contribution in [1.29, 1.82) is 5.41 Å². The lowest BCUT2D eigenvalue weighted by Crippen LogP contribution is -2.02. The van der Waals surface area contributed by atoms with Crippen LogP contribution in [0.25, 0.3) is 10.9 Å². The van der Waals surface area contributed by atoms with Gasteiger partial charge in [0.2, 0.25) is 0 Å². The van der Waals surface area contributed by atoms with E-state index in [2.05, 4.69) is 40.2 Å². The molecule has 0 aliphatic rings. The predicted octanol–water partition coefficient (Wildman–Crippen LogP) is 2.64. The Kier molecular flexibility index (Phi) is 3.18. The maximum absolute atomic E-state index is 7.50. The van der Waals surface area contributed by atoms with Gasteiger partial charge >= 0.3 is 0 Å². The van der Waals surface area contributed by atoms with Gasteiger partial charge in [-0.3, -0.25) is 5.41 Å². The van der Waals surface area contributed by atoms with Crippen molar-refractivity contribution in [3.05, 3.63) is 36.0 Å². The van der Waals surface area contributed by atoms with Crippen LogP contribution < -0.4 is 5.84 Å². The average Bonchev–Trinajstić information content (AvgIpc) is 2.65. The topological polar surface area (TPSA) is 79.5 Å². The van der Waals surface area contributed by atoms with E-state index in [0.717, 1.165) is 0 Å². The number of fused-ring (bicyclic) bond motifs is 1. The Morgan fingerprint density at radius 3 is 2.94 bits per heavy atom. The van der Waals surface area contributed by atoms with Gasteiger partial charge in [0.05, 0.1) is 0 Å². The molecule has 0 saturated carbocycles. The SMILES string of the molecule is Cc1cn(CCC(=N)/N=N\N)c2ccccc12. The number of amidine groups is 1. The largest absolute Gasteiger partial charge is 0.347 e. The summed E-state index contributed by atoms with van der Waals surface area (Å²) in [5, 5.41) is 15.4. The lowest BCUT2D eigenvalue weighted by atomic mass is 10.2. The van der Waals surface area contributed by atoms with E-state index in [9.17, 15) is 0 Å². The van der Waals surface area contributed by atoms with Crippen molar-refractivity contribution in [3.63, 3.8) is 0 Å². The maximum Gasteiger partial charge on any atom is 0.146 e. The molecular formula is C12H15N5. The monoisotopic (exact) mass is 229 g/mol. The first-order valence-electron chi connectivity index (χ1n) is 5.45. The van der Waals surface area contributed by atoms with Gasteiger partial charge < -0.3 is 10.4 Å². The fraction of sp³-hybridized carbons (Fsp3) is 0.250. The molecule has 0 bridgehead atoms. The fourth-order valence-corrected chi connectivity index (χ4v) is 1.96. The second-order valence-corrected chi connectivity index (χ2v) is 3.93. The maximum atomic E-state index is 7.50. The van der Waals surface area contributed by atoms with Crippen molar-refractivity contribution in [2.45, 2.75) is 19.9 Å². The quantitative estimate of drug-likeness (QED) is 0.274. The standard InChI is InChI=1S/C12H15N5/c1-9-8-17(7-6-12(13)15-16-14)11-5-3-2-4-10(9)11/h2-5,8H,6-7H2,1H3,(H3,13,14,15). The summed E-state index contributed by atoms with van der Waals surface area (Å²) in [6, 6.07) is 8.23. The number of hydrogen-bond acceptors (Lipinski definition) is 2. The number of para-hydroxylation sites is 1. The Labute approximate surface area is 99.4 Å². The van der Waals surface area contributed by atoms with Gasteiger partial charge in [0.25, 0.3) is 0 Å². The highest BCUT2D eigenvalue weighted by molar-refractivity contribution is 5.84. The van der Waals surface area contributed by atoms with Crippen LogP contribution in [0.3, 0.4) is 0 Å². The highest BCUT2D eigenvalue weighted by Gasteiger charge is 2.04. The molecule has 2 rings (SSSR count). The number of aryl methyl sites for hydroxylation is 2. The van der Waals surface area contributed by atoms with Gasteiger partial charge in [-0.2, -0.15) is 0 Å². The van der Waals surface area contributed by atoms with Gasteiger partial charge in [0, 0.05) is 30.1 Å². The fourth-order valence-electron chi connectivity index (χ4n) is 1.96. The Hall–Kier alpha value is -2.17. The minimum atomic E-state index is 0.197. The van der Waals surface area contributed by atoms with Gasteiger partial charge in [-0.25, -0.2) is 0 Å². The van der Waals surface area contributed by atoms with E-state index < -0.39 is 0 Å². The minimum Gasteiger partial charge on any atom is -0.347 e. The van der Waals surface area contributed by atoms with Crippen LogP contribution in [0.2, 0.25) is 0 Å². The Bertz CT molecular complexity index is 567. The van der Waals surface area contributed by atoms with Crippen molar-refractivity contribution >= 4 is 16.7 Å². The van der Waals surface area contributed by atoms with E-state index in [-0.39, 0.29) is 5.84 Å². The second kappa shape index (κ2) is 4.78. The van der Waals surface area contributed by atoms with Crippen molar-refractivity contribution in [3.8, 4) is 0 Å². The lowest BCUT2D eigenvalue weighted by Gasteiger charge is -2.03. The first-order valence-corrected chi connectivity index (χ1v) is 5.45. The molecule has 0 radical (unpaired) electrons. The van der Waals surface area contributed by atoms with E-state index in [1.54, 1.807) is 0 Å². The molecule has 3 N–H and O–H groups in total. The Morgan fingerprint density at radius 1 is 1.41 bits per heavy atom. The van der Waals surface area contributed by atoms with Crippen molar-refractivity contribution in [2.75, 3.05) is 0 Å². The van der Waals surface area contributed by atoms with Crippen LogP contribution in [0.5, 0.6) is 0 Å². The van der Waals surface area contributed by atoms with Crippen LogP contribution in [0, 0.1) is 12.3 Å². The summed E-state index contributed by atoms with van der Waals surface area (Å²) in [5.74, 6) is 5.10. The summed E-state index contributed by atoms with van der Waals surface area (Å²) in [5.41, 5.74) is 2.43. The Morgan fingerprint density at radius 2 is 2.18 bits per heavy atom. The van der Waals surface area contributed by atoms with E-state index in [0.29, 0.717) is 13.0 Å². The smallest absolute Gasteiger partial charge is 0.146 e. The molecule has 0 spiro atoms. The summed E-state index contributed by atoms with van der Waals surface area (Å²) in [4.78, 5) is 0. The van der Waals surface area contributed by atoms with Crippen LogP contribution in [-0.4, -0.2) is 10.4 Å². The number of nitrogens with one attached hydrogen (secondary N) is 1. The number of nitrogens with zero attached hydrogens (tertiary/aromatic N) is 3. The normalized spacial score (nSPS) is 11.4. The van der Waals surface area contributed by atoms with Crippen molar-refractivity contribution in [2.24, 2.45) is 16.2 Å². The van der Waals surface area contributed by atoms with E-state index in [1.165, 1.54) is 16.5 Å². The molecule has 0 saturated heterocycles. The van der Waals surface area contributed by atoms with E-state index in [4.69, 9.17) is 11.3 Å². The molecule has 5 nitrogen and oxygen atoms in total. The van der Waals surface area contributed by atoms with Crippen LogP contribution in [0.4, 0.5) is 0 Å². The molecule has 2 aromatic rings. The lowest BCUT2D eigenvalue weighted by molar-refractivity contribution is 0.745. The number of rotatable bonds is 3. The molecule has 0 aliphatic heterocycles. The molecule has 0 unspecified atom stereocenters. The van der Waals surface area contributed by atoms with Crippen LogP contribution in [0.15, 0.2) is 40.8 Å². The van der Waals surface area contributed by atoms with Gasteiger partial charge in [-0.15, -0.1) is 5.11 Å². The third-order valence-corrected chi connectivity index (χ3v) is 2.76. The van der Waals surface area contributed by atoms with Gasteiger partial charge in [-0.1, -0.05) is 23.4 Å². The summed E-state index contributed by atoms with van der Waals surface area (Å²) in [7, 11) is 0. The molecule has 17 heavy (non-hydrogen) atoms. The molecule has 1 aromatic carbocycles. The number of benzene rings is 1. The van der Waals surface area contributed by atoms with Crippen LogP contribution >= 0.6 is 0 Å². The average molecular weight is 229 g/mol. The van der Waals surface area contributed by atoms with Gasteiger partial charge in [-0.05, 0) is 18.6 Å². The predicted molar refractivity (Wildman–Crippen MR) is 68.1 cm³/mol. The summed E-state index contributed by atoms with van der Waals surface area (Å²) in [6.07, 6.45) is 2.62. The van der Waals surface area contributed by atoms with Crippen molar-refractivity contribution < 1.29 is 0 Å². The molecule has 1 heterocycles. The van der Waals surface area contributed by atoms with E-state index >= 15 is 0 Å². The van der Waals surface area contributed by atoms with E-state index in [1.807, 2.05) is 12.1 Å². The minimum absolute atomic E-state index is 0.197. The van der Waals surface area contributed by atoms with Crippen LogP contribution in [-0.2, 0) is 6.54 Å². The first kappa shape index (κ1) is 11.3. The zero-order valence-corrected chi connectivity index (χ0v) is 9.72. The highest BCUT2D eigenvalue weighted by Crippen LogP contribution is 2.20. The highest BCUT2D eigenvalue weighted by atomic mass is 15.3. The summed E-state index contributed by atoms with van der Waals surface area (Å²) >= 11 is 0. The molecule has 0 atom stereocenters. The van der Waals surface area contributed by atoms with Gasteiger partial charge in [0.1, 0.15) is 5.84 Å². The third-order valence-electron chi connectivity index (χ3n) is 2.76. The molecule has 5 heteroatoms. The molecule has 88 valence electrons. The zero-order valence-electron chi connectivity index (χ0n) is 9.72.